The number of piperazine rings is 1. The number of aliphatic hydroxyl groups is 1. The molecule has 5 aromatic rings. The number of anilines is 1. The van der Waals surface area contributed by atoms with Crippen LogP contribution < -0.4 is 10.5 Å². The molecule has 1 aliphatic heterocycles. The predicted molar refractivity (Wildman–Crippen MR) is 174 cm³/mol. The van der Waals surface area contributed by atoms with Crippen molar-refractivity contribution in [2.45, 2.75) is 13.0 Å². The Balaban J connectivity index is 1.25. The Kier molecular flexibility index (Phi) is 9.11. The van der Waals surface area contributed by atoms with Gasteiger partial charge in [-0.2, -0.15) is 0 Å². The minimum atomic E-state index is -1.43. The minimum Gasteiger partial charge on any atom is -0.507 e. The molecule has 0 aliphatic carbocycles. The van der Waals surface area contributed by atoms with Gasteiger partial charge in [0.05, 0.1) is 12.1 Å². The van der Waals surface area contributed by atoms with Gasteiger partial charge in [0, 0.05) is 67.1 Å². The first kappa shape index (κ1) is 32.2. The maximum absolute atomic E-state index is 14.5. The van der Waals surface area contributed by atoms with Crippen molar-refractivity contribution in [2.75, 3.05) is 31.1 Å². The largest absolute Gasteiger partial charge is 0.507 e. The first-order chi connectivity index (χ1) is 23.1. The van der Waals surface area contributed by atoms with Gasteiger partial charge in [0.15, 0.2) is 11.6 Å². The minimum absolute atomic E-state index is 0.0487. The number of carbonyl (C=O) groups is 2. The van der Waals surface area contributed by atoms with Crippen molar-refractivity contribution in [1.82, 2.24) is 9.47 Å². The first-order valence-electron chi connectivity index (χ1n) is 15.2. The molecule has 0 unspecified atom stereocenters. The zero-order valence-electron chi connectivity index (χ0n) is 25.5. The number of carbonyl (C=O) groups excluding carboxylic acids is 2. The molecule has 1 aliphatic rings. The van der Waals surface area contributed by atoms with Crippen LogP contribution in [0.25, 0.3) is 16.5 Å². The van der Waals surface area contributed by atoms with Crippen LogP contribution in [-0.2, 0) is 22.6 Å². The molecule has 1 aromatic heterocycles. The molecule has 6 rings (SSSR count). The Morgan fingerprint density at radius 3 is 2.25 bits per heavy atom. The summed E-state index contributed by atoms with van der Waals surface area (Å²) in [7, 11) is 0. The highest BCUT2D eigenvalue weighted by Crippen LogP contribution is 2.28. The van der Waals surface area contributed by atoms with Gasteiger partial charge < -0.3 is 19.5 Å². The lowest BCUT2D eigenvalue weighted by Crippen LogP contribution is -2.50. The van der Waals surface area contributed by atoms with E-state index >= 15 is 0 Å². The van der Waals surface area contributed by atoms with Crippen LogP contribution in [0.5, 0.6) is 0 Å². The zero-order chi connectivity index (χ0) is 33.9. The van der Waals surface area contributed by atoms with E-state index in [1.54, 1.807) is 6.07 Å². The zero-order valence-corrected chi connectivity index (χ0v) is 25.5. The smallest absolute Gasteiger partial charge is 0.294 e. The Bertz CT molecular complexity index is 2130. The Hall–Kier alpha value is -5.71. The molecular weight excluding hydrogens is 626 g/mol. The molecule has 1 amide bonds. The van der Waals surface area contributed by atoms with E-state index in [4.69, 9.17) is 0 Å². The molecular formula is C37H29F4N3O4. The Morgan fingerprint density at radius 2 is 1.48 bits per heavy atom. The number of benzene rings is 4. The molecule has 48 heavy (non-hydrogen) atoms. The molecule has 2 heterocycles. The quantitative estimate of drug-likeness (QED) is 0.0728. The summed E-state index contributed by atoms with van der Waals surface area (Å²) in [5.41, 5.74) is -0.804. The number of amides is 1. The van der Waals surface area contributed by atoms with Gasteiger partial charge in [-0.25, -0.2) is 17.6 Å². The summed E-state index contributed by atoms with van der Waals surface area (Å²) >= 11 is 0. The normalized spacial score (nSPS) is 13.6. The molecule has 1 fully saturated rings. The van der Waals surface area contributed by atoms with Crippen molar-refractivity contribution in [3.8, 4) is 0 Å². The van der Waals surface area contributed by atoms with Crippen LogP contribution in [0.15, 0.2) is 102 Å². The molecule has 0 saturated carbocycles. The van der Waals surface area contributed by atoms with Crippen LogP contribution in [-0.4, -0.2) is 52.4 Å². The molecule has 0 spiro atoms. The number of fused-ring (bicyclic) bond motifs is 1. The third kappa shape index (κ3) is 6.57. The summed E-state index contributed by atoms with van der Waals surface area (Å²) in [5.74, 6) is -7.20. The lowest BCUT2D eigenvalue weighted by Gasteiger charge is -2.36. The number of hydrogen-bond donors (Lipinski definition) is 1. The van der Waals surface area contributed by atoms with Crippen LogP contribution in [0.2, 0.25) is 0 Å². The summed E-state index contributed by atoms with van der Waals surface area (Å²) in [4.78, 5) is 43.1. The molecule has 7 nitrogen and oxygen atoms in total. The molecule has 4 aromatic carbocycles. The second-order valence-electron chi connectivity index (χ2n) is 11.5. The standard InChI is InChI=1S/C37H29F4N3O4/c38-29-10-4-2-7-25(29)22-44-21-23(18-27-30(39)12-13-31(40)35(27)41)19-28(36(44)47)33(45)20-34(46)37(48)43-16-14-42(15-17-43)32-11-5-8-24-6-1-3-9-26(24)32/h1-13,19-21,45H,14-18,22H2. The fourth-order valence-corrected chi connectivity index (χ4v) is 5.89. The summed E-state index contributed by atoms with van der Waals surface area (Å²) in [6, 6.07) is 22.0. The second kappa shape index (κ2) is 13.6. The van der Waals surface area contributed by atoms with Gasteiger partial charge in [0.25, 0.3) is 11.5 Å². The maximum atomic E-state index is 14.5. The van der Waals surface area contributed by atoms with Crippen molar-refractivity contribution >= 4 is 33.9 Å². The van der Waals surface area contributed by atoms with Crippen LogP contribution in [0.1, 0.15) is 22.3 Å². The summed E-state index contributed by atoms with van der Waals surface area (Å²) in [5, 5.41) is 13.1. The third-order valence-electron chi connectivity index (χ3n) is 8.39. The number of rotatable bonds is 8. The van der Waals surface area contributed by atoms with Crippen molar-refractivity contribution in [3.63, 3.8) is 0 Å². The van der Waals surface area contributed by atoms with Gasteiger partial charge in [-0.1, -0.05) is 54.6 Å². The summed E-state index contributed by atoms with van der Waals surface area (Å²) in [6.45, 7) is 1.05. The van der Waals surface area contributed by atoms with Gasteiger partial charge >= 0.3 is 0 Å². The lowest BCUT2D eigenvalue weighted by atomic mass is 10.0. The molecule has 0 bridgehead atoms. The van der Waals surface area contributed by atoms with E-state index in [0.717, 1.165) is 33.2 Å². The van der Waals surface area contributed by atoms with Gasteiger partial charge in [-0.3, -0.25) is 14.4 Å². The van der Waals surface area contributed by atoms with Crippen molar-refractivity contribution in [1.29, 1.82) is 0 Å². The summed E-state index contributed by atoms with van der Waals surface area (Å²) in [6.07, 6.45) is 1.29. The first-order valence-corrected chi connectivity index (χ1v) is 15.2. The number of aromatic nitrogens is 1. The average Bonchev–Trinajstić information content (AvgIpc) is 3.10. The summed E-state index contributed by atoms with van der Waals surface area (Å²) < 4.78 is 58.4. The number of hydrogen-bond acceptors (Lipinski definition) is 5. The SMILES string of the molecule is O=C(C=C(O)c1cc(Cc2c(F)ccc(F)c2F)cn(Cc2ccccc2F)c1=O)C(=O)N1CCN(c2cccc3ccccc23)CC1. The van der Waals surface area contributed by atoms with Crippen molar-refractivity contribution in [2.24, 2.45) is 0 Å². The predicted octanol–water partition coefficient (Wildman–Crippen LogP) is 6.01. The van der Waals surface area contributed by atoms with Gasteiger partial charge in [-0.15, -0.1) is 0 Å². The highest BCUT2D eigenvalue weighted by atomic mass is 19.2. The van der Waals surface area contributed by atoms with Crippen LogP contribution in [0.4, 0.5) is 23.2 Å². The highest BCUT2D eigenvalue weighted by Gasteiger charge is 2.27. The van der Waals surface area contributed by atoms with Gasteiger partial charge in [-0.05, 0) is 41.3 Å². The van der Waals surface area contributed by atoms with Crippen LogP contribution in [0.3, 0.4) is 0 Å². The topological polar surface area (TPSA) is 82.8 Å². The third-order valence-corrected chi connectivity index (χ3v) is 8.39. The number of halogens is 4. The molecule has 11 heteroatoms. The molecule has 0 atom stereocenters. The molecule has 1 N–H and O–H groups in total. The van der Waals surface area contributed by atoms with E-state index in [1.165, 1.54) is 29.3 Å². The van der Waals surface area contributed by atoms with Gasteiger partial charge in [0.1, 0.15) is 17.4 Å². The van der Waals surface area contributed by atoms with E-state index in [0.29, 0.717) is 25.2 Å². The number of aliphatic hydroxyl groups excluding tert-OH is 1. The van der Waals surface area contributed by atoms with E-state index in [-0.39, 0.29) is 30.8 Å². The van der Waals surface area contributed by atoms with E-state index in [2.05, 4.69) is 4.90 Å². The Labute approximate surface area is 272 Å². The molecule has 244 valence electrons. The van der Waals surface area contributed by atoms with Crippen LogP contribution >= 0.6 is 0 Å². The number of ketones is 1. The second-order valence-corrected chi connectivity index (χ2v) is 11.5. The highest BCUT2D eigenvalue weighted by molar-refractivity contribution is 6.41. The van der Waals surface area contributed by atoms with Crippen LogP contribution in [0, 0.1) is 23.3 Å². The molecule has 0 radical (unpaired) electrons. The average molecular weight is 656 g/mol. The van der Waals surface area contributed by atoms with Crippen molar-refractivity contribution < 1.29 is 32.3 Å². The van der Waals surface area contributed by atoms with Gasteiger partial charge in [0.2, 0.25) is 5.78 Å². The van der Waals surface area contributed by atoms with E-state index in [9.17, 15) is 37.1 Å². The molecule has 1 saturated heterocycles. The number of nitrogens with zero attached hydrogens (tertiary/aromatic N) is 3. The maximum Gasteiger partial charge on any atom is 0.294 e. The fraction of sp³-hybridized carbons (Fsp3) is 0.162. The van der Waals surface area contributed by atoms with E-state index < -0.39 is 63.8 Å². The monoisotopic (exact) mass is 655 g/mol. The van der Waals surface area contributed by atoms with Crippen molar-refractivity contribution in [3.05, 3.63) is 153 Å². The Morgan fingerprint density at radius 1 is 0.792 bits per heavy atom. The lowest BCUT2D eigenvalue weighted by molar-refractivity contribution is -0.142. The van der Waals surface area contributed by atoms with E-state index in [1.807, 2.05) is 42.5 Å². The number of pyridine rings is 1. The fourth-order valence-electron chi connectivity index (χ4n) is 5.89.